The third-order valence-corrected chi connectivity index (χ3v) is 3.03. The number of nitrogens with zero attached hydrogens (tertiary/aromatic N) is 1. The molecule has 17 heavy (non-hydrogen) atoms. The minimum Gasteiger partial charge on any atom is -0.354 e. The number of hydrogen-bond acceptors (Lipinski definition) is 3. The van der Waals surface area contributed by atoms with E-state index in [0.29, 0.717) is 12.5 Å². The second-order valence-electron chi connectivity index (χ2n) is 4.65. The number of rotatable bonds is 6. The highest BCUT2D eigenvalue weighted by Crippen LogP contribution is 2.33. The molecule has 0 spiro atoms. The van der Waals surface area contributed by atoms with Gasteiger partial charge in [0, 0.05) is 24.9 Å². The van der Waals surface area contributed by atoms with Gasteiger partial charge in [-0.25, -0.2) is 0 Å². The normalized spacial score (nSPS) is 16.5. The van der Waals surface area contributed by atoms with Gasteiger partial charge in [-0.1, -0.05) is 18.9 Å². The number of pyridine rings is 1. The van der Waals surface area contributed by atoms with Gasteiger partial charge < -0.3 is 11.1 Å². The van der Waals surface area contributed by atoms with Gasteiger partial charge in [-0.05, 0) is 24.5 Å². The van der Waals surface area contributed by atoms with Crippen LogP contribution in [-0.4, -0.2) is 23.5 Å². The first kappa shape index (κ1) is 12.0. The average molecular weight is 233 g/mol. The van der Waals surface area contributed by atoms with Crippen LogP contribution in [0, 0.1) is 5.92 Å². The van der Waals surface area contributed by atoms with Gasteiger partial charge in [-0.2, -0.15) is 0 Å². The molecule has 1 aliphatic carbocycles. The average Bonchev–Trinajstić information content (AvgIpc) is 3.14. The number of carbonyl (C=O) groups excluding carboxylic acids is 1. The summed E-state index contributed by atoms with van der Waals surface area (Å²) in [5.74, 6) is 0.652. The summed E-state index contributed by atoms with van der Waals surface area (Å²) < 4.78 is 0. The molecule has 3 N–H and O–H groups in total. The third-order valence-electron chi connectivity index (χ3n) is 3.03. The second kappa shape index (κ2) is 5.77. The van der Waals surface area contributed by atoms with Crippen molar-refractivity contribution in [3.8, 4) is 0 Å². The molecule has 92 valence electrons. The number of hydrogen-bond donors (Lipinski definition) is 2. The van der Waals surface area contributed by atoms with Gasteiger partial charge in [0.2, 0.25) is 5.91 Å². The van der Waals surface area contributed by atoms with Crippen molar-refractivity contribution in [1.29, 1.82) is 0 Å². The zero-order valence-corrected chi connectivity index (χ0v) is 9.93. The van der Waals surface area contributed by atoms with Crippen LogP contribution in [0.4, 0.5) is 0 Å². The van der Waals surface area contributed by atoms with Crippen LogP contribution in [0.3, 0.4) is 0 Å². The fourth-order valence-corrected chi connectivity index (χ4v) is 1.81. The van der Waals surface area contributed by atoms with E-state index in [4.69, 9.17) is 5.73 Å². The molecule has 1 atom stereocenters. The lowest BCUT2D eigenvalue weighted by molar-refractivity contribution is -0.122. The Hall–Kier alpha value is -1.42. The summed E-state index contributed by atoms with van der Waals surface area (Å²) in [6.07, 6.45) is 5.80. The van der Waals surface area contributed by atoms with E-state index in [9.17, 15) is 4.79 Å². The molecule has 1 unspecified atom stereocenters. The molecular formula is C13H19N3O. The fourth-order valence-electron chi connectivity index (χ4n) is 1.81. The molecule has 1 aliphatic rings. The number of nitrogens with two attached hydrogens (primary N) is 1. The van der Waals surface area contributed by atoms with Crippen LogP contribution >= 0.6 is 0 Å². The largest absolute Gasteiger partial charge is 0.354 e. The summed E-state index contributed by atoms with van der Waals surface area (Å²) in [6.45, 7) is 0.605. The van der Waals surface area contributed by atoms with E-state index in [-0.39, 0.29) is 11.9 Å². The molecule has 1 amide bonds. The predicted molar refractivity (Wildman–Crippen MR) is 66.3 cm³/mol. The topological polar surface area (TPSA) is 68.0 Å². The van der Waals surface area contributed by atoms with Gasteiger partial charge >= 0.3 is 0 Å². The summed E-state index contributed by atoms with van der Waals surface area (Å²) in [7, 11) is 0. The molecule has 4 nitrogen and oxygen atoms in total. The van der Waals surface area contributed by atoms with Gasteiger partial charge in [0.05, 0.1) is 6.04 Å². The molecule has 2 rings (SSSR count). The molecule has 1 fully saturated rings. The van der Waals surface area contributed by atoms with Crippen LogP contribution in [0.2, 0.25) is 0 Å². The second-order valence-corrected chi connectivity index (χ2v) is 4.65. The molecule has 1 aromatic heterocycles. The van der Waals surface area contributed by atoms with Crippen molar-refractivity contribution >= 4 is 5.91 Å². The highest BCUT2D eigenvalue weighted by atomic mass is 16.2. The minimum absolute atomic E-state index is 0.0344. The van der Waals surface area contributed by atoms with Crippen molar-refractivity contribution in [3.63, 3.8) is 0 Å². The fraction of sp³-hybridized carbons (Fsp3) is 0.538. The van der Waals surface area contributed by atoms with Gasteiger partial charge in [0.15, 0.2) is 0 Å². The Morgan fingerprint density at radius 1 is 1.53 bits per heavy atom. The first-order valence-corrected chi connectivity index (χ1v) is 6.19. The Labute approximate surface area is 102 Å². The molecule has 0 aliphatic heterocycles. The summed E-state index contributed by atoms with van der Waals surface area (Å²) in [5, 5.41) is 2.86. The van der Waals surface area contributed by atoms with E-state index in [2.05, 4.69) is 10.3 Å². The lowest BCUT2D eigenvalue weighted by Crippen LogP contribution is -2.41. The standard InChI is InChI=1S/C13H19N3O/c14-12(9-10-4-5-10)13(17)16-8-6-11-3-1-2-7-15-11/h1-3,7,10,12H,4-6,8-9,14H2,(H,16,17). The molecule has 0 saturated heterocycles. The Morgan fingerprint density at radius 2 is 2.35 bits per heavy atom. The van der Waals surface area contributed by atoms with Gasteiger partial charge in [-0.15, -0.1) is 0 Å². The minimum atomic E-state index is -0.341. The van der Waals surface area contributed by atoms with E-state index >= 15 is 0 Å². The third kappa shape index (κ3) is 4.15. The van der Waals surface area contributed by atoms with Crippen molar-refractivity contribution in [2.24, 2.45) is 11.7 Å². The molecular weight excluding hydrogens is 214 g/mol. The number of aromatic nitrogens is 1. The maximum atomic E-state index is 11.6. The Kier molecular flexibility index (Phi) is 4.09. The van der Waals surface area contributed by atoms with Gasteiger partial charge in [0.1, 0.15) is 0 Å². The molecule has 1 aromatic rings. The van der Waals surface area contributed by atoms with E-state index in [1.165, 1.54) is 12.8 Å². The first-order chi connectivity index (χ1) is 8.25. The lowest BCUT2D eigenvalue weighted by Gasteiger charge is -2.11. The maximum absolute atomic E-state index is 11.6. The number of carbonyl (C=O) groups is 1. The summed E-state index contributed by atoms with van der Waals surface area (Å²) >= 11 is 0. The van der Waals surface area contributed by atoms with Crippen molar-refractivity contribution in [1.82, 2.24) is 10.3 Å². The SMILES string of the molecule is NC(CC1CC1)C(=O)NCCc1ccccn1. The van der Waals surface area contributed by atoms with Crippen molar-refractivity contribution in [3.05, 3.63) is 30.1 Å². The van der Waals surface area contributed by atoms with E-state index < -0.39 is 0 Å². The molecule has 0 radical (unpaired) electrons. The summed E-state index contributed by atoms with van der Waals surface area (Å²) in [5.41, 5.74) is 6.80. The van der Waals surface area contributed by atoms with Crippen LogP contribution in [0.5, 0.6) is 0 Å². The molecule has 1 saturated carbocycles. The van der Waals surface area contributed by atoms with Crippen molar-refractivity contribution < 1.29 is 4.79 Å². The lowest BCUT2D eigenvalue weighted by atomic mass is 10.1. The zero-order valence-electron chi connectivity index (χ0n) is 9.93. The molecule has 4 heteroatoms. The zero-order chi connectivity index (χ0) is 12.1. The van der Waals surface area contributed by atoms with Crippen LogP contribution in [-0.2, 0) is 11.2 Å². The quantitative estimate of drug-likeness (QED) is 0.766. The van der Waals surface area contributed by atoms with E-state index in [1.807, 2.05) is 18.2 Å². The monoisotopic (exact) mass is 233 g/mol. The van der Waals surface area contributed by atoms with Gasteiger partial charge in [-0.3, -0.25) is 9.78 Å². The van der Waals surface area contributed by atoms with Gasteiger partial charge in [0.25, 0.3) is 0 Å². The molecule has 0 aromatic carbocycles. The first-order valence-electron chi connectivity index (χ1n) is 6.19. The summed E-state index contributed by atoms with van der Waals surface area (Å²) in [4.78, 5) is 15.8. The van der Waals surface area contributed by atoms with E-state index in [0.717, 1.165) is 18.5 Å². The smallest absolute Gasteiger partial charge is 0.236 e. The highest BCUT2D eigenvalue weighted by Gasteiger charge is 2.26. The van der Waals surface area contributed by atoms with E-state index in [1.54, 1.807) is 6.20 Å². The van der Waals surface area contributed by atoms with Crippen molar-refractivity contribution in [2.75, 3.05) is 6.54 Å². The van der Waals surface area contributed by atoms with Crippen molar-refractivity contribution in [2.45, 2.75) is 31.7 Å². The maximum Gasteiger partial charge on any atom is 0.236 e. The van der Waals surface area contributed by atoms with Crippen LogP contribution < -0.4 is 11.1 Å². The van der Waals surface area contributed by atoms with Crippen LogP contribution in [0.15, 0.2) is 24.4 Å². The molecule has 1 heterocycles. The highest BCUT2D eigenvalue weighted by molar-refractivity contribution is 5.81. The Balaban J connectivity index is 1.65. The summed E-state index contributed by atoms with van der Waals surface area (Å²) in [6, 6.07) is 5.44. The Bertz CT molecular complexity index is 362. The number of amides is 1. The Morgan fingerprint density at radius 3 is 3.00 bits per heavy atom. The van der Waals surface area contributed by atoms with Crippen LogP contribution in [0.1, 0.15) is 25.0 Å². The molecule has 0 bridgehead atoms. The van der Waals surface area contributed by atoms with Crippen LogP contribution in [0.25, 0.3) is 0 Å². The predicted octanol–water partition coefficient (Wildman–Crippen LogP) is 0.868. The number of nitrogens with one attached hydrogen (secondary N) is 1.